The van der Waals surface area contributed by atoms with Crippen LogP contribution in [-0.4, -0.2) is 68.5 Å². The number of phosphoric acid groups is 1. The zero-order valence-corrected chi connectivity index (χ0v) is 37.9. The van der Waals surface area contributed by atoms with E-state index >= 15 is 0 Å². The summed E-state index contributed by atoms with van der Waals surface area (Å²) in [5.41, 5.74) is 0. The van der Waals surface area contributed by atoms with Gasteiger partial charge in [0, 0.05) is 6.42 Å². The molecule has 0 rings (SSSR count). The van der Waals surface area contributed by atoms with Crippen molar-refractivity contribution in [1.29, 1.82) is 0 Å². The lowest BCUT2D eigenvalue weighted by Gasteiger charge is -2.29. The monoisotopic (exact) mass is 817 g/mol. The molecule has 0 aliphatic rings. The Hall–Kier alpha value is -2.32. The molecule has 0 aliphatic carbocycles. The molecule has 0 saturated carbocycles. The molecular weight excluding hydrogens is 732 g/mol. The average molecular weight is 817 g/mol. The third kappa shape index (κ3) is 41.6. The van der Waals surface area contributed by atoms with Crippen molar-refractivity contribution in [1.82, 2.24) is 5.32 Å². The van der Waals surface area contributed by atoms with Crippen LogP contribution in [0.4, 0.5) is 0 Å². The molecule has 3 atom stereocenters. The lowest BCUT2D eigenvalue weighted by Crippen LogP contribution is -2.45. The predicted molar refractivity (Wildman–Crippen MR) is 242 cm³/mol. The van der Waals surface area contributed by atoms with E-state index in [1.807, 2.05) is 27.2 Å². The molecule has 0 saturated heterocycles. The van der Waals surface area contributed by atoms with Crippen LogP contribution in [0.5, 0.6) is 0 Å². The highest BCUT2D eigenvalue weighted by molar-refractivity contribution is 7.45. The Kier molecular flexibility index (Phi) is 37.6. The van der Waals surface area contributed by atoms with E-state index < -0.39 is 26.6 Å². The lowest BCUT2D eigenvalue weighted by molar-refractivity contribution is -0.870. The number of phosphoric ester groups is 1. The van der Waals surface area contributed by atoms with Gasteiger partial charge in [-0.25, -0.2) is 0 Å². The third-order valence-electron chi connectivity index (χ3n) is 9.34. The highest BCUT2D eigenvalue weighted by Crippen LogP contribution is 2.38. The van der Waals surface area contributed by atoms with Crippen molar-refractivity contribution < 1.29 is 32.9 Å². The summed E-state index contributed by atoms with van der Waals surface area (Å²) in [6, 6.07) is -0.909. The molecule has 0 fully saturated rings. The normalized spacial score (nSPS) is 15.1. The van der Waals surface area contributed by atoms with Crippen molar-refractivity contribution in [3.05, 3.63) is 85.1 Å². The van der Waals surface area contributed by atoms with Gasteiger partial charge in [-0.1, -0.05) is 163 Å². The maximum Gasteiger partial charge on any atom is 0.268 e. The Morgan fingerprint density at radius 1 is 0.632 bits per heavy atom. The minimum atomic E-state index is -4.60. The topological polar surface area (TPSA) is 108 Å². The van der Waals surface area contributed by atoms with E-state index in [9.17, 15) is 19.4 Å². The van der Waals surface area contributed by atoms with Crippen LogP contribution in [0.25, 0.3) is 0 Å². The molecule has 8 nitrogen and oxygen atoms in total. The van der Waals surface area contributed by atoms with Gasteiger partial charge in [-0.2, -0.15) is 0 Å². The van der Waals surface area contributed by atoms with Gasteiger partial charge in [-0.05, 0) is 77.0 Å². The number of carbonyl (C=O) groups excluding carboxylic acids is 1. The second kappa shape index (κ2) is 39.2. The molecule has 2 N–H and O–H groups in total. The maximum atomic E-state index is 12.8. The maximum absolute atomic E-state index is 12.8. The Bertz CT molecular complexity index is 1200. The molecule has 9 heteroatoms. The van der Waals surface area contributed by atoms with E-state index in [2.05, 4.69) is 92.1 Å². The number of nitrogens with zero attached hydrogens (tertiary/aromatic N) is 1. The number of quaternary nitrogens is 1. The van der Waals surface area contributed by atoms with Gasteiger partial charge in [0.15, 0.2) is 0 Å². The van der Waals surface area contributed by atoms with E-state index in [1.54, 1.807) is 6.08 Å². The molecule has 0 aromatic rings. The van der Waals surface area contributed by atoms with Gasteiger partial charge in [0.1, 0.15) is 13.2 Å². The second-order valence-corrected chi connectivity index (χ2v) is 17.4. The standard InChI is InChI=1S/C48H85N2O6P/c1-6-8-10-12-14-16-18-19-20-21-22-23-24-25-26-27-28-29-30-31-32-34-36-38-40-42-48(52)49-46(45-56-57(53,54)55-44-43-50(3,4)5)47(51)41-39-37-35-33-17-15-13-11-9-7-2/h8,10,14,16-17,19-20,22-23,25-26,33,39,41,46-47,51H,6-7,9,11-13,15,18,21,24,27-32,34-38,40,42-45H2,1-5H3,(H-,49,52,53,54)/b10-8-,16-14-,20-19-,23-22-,26-25-,33-17+,41-39+. The van der Waals surface area contributed by atoms with Crippen molar-refractivity contribution in [2.75, 3.05) is 40.9 Å². The molecule has 0 aliphatic heterocycles. The number of allylic oxidation sites excluding steroid dienone is 13. The first-order valence-corrected chi connectivity index (χ1v) is 23.9. The summed E-state index contributed by atoms with van der Waals surface area (Å²) in [7, 11) is 1.22. The summed E-state index contributed by atoms with van der Waals surface area (Å²) in [5.74, 6) is -0.221. The number of unbranched alkanes of at least 4 members (excludes halogenated alkanes) is 14. The Morgan fingerprint density at radius 3 is 1.63 bits per heavy atom. The van der Waals surface area contributed by atoms with Gasteiger partial charge in [0.05, 0.1) is 39.9 Å². The van der Waals surface area contributed by atoms with Gasteiger partial charge in [0.2, 0.25) is 5.91 Å². The number of hydrogen-bond acceptors (Lipinski definition) is 6. The van der Waals surface area contributed by atoms with Crippen molar-refractivity contribution in [3.63, 3.8) is 0 Å². The van der Waals surface area contributed by atoms with E-state index in [4.69, 9.17) is 9.05 Å². The third-order valence-corrected chi connectivity index (χ3v) is 10.3. The summed E-state index contributed by atoms with van der Waals surface area (Å²) in [5, 5.41) is 13.7. The first-order chi connectivity index (χ1) is 27.5. The van der Waals surface area contributed by atoms with Gasteiger partial charge < -0.3 is 28.8 Å². The summed E-state index contributed by atoms with van der Waals surface area (Å²) in [6.07, 6.45) is 53.6. The molecule has 0 heterocycles. The zero-order chi connectivity index (χ0) is 42.1. The number of carbonyl (C=O) groups is 1. The molecule has 57 heavy (non-hydrogen) atoms. The van der Waals surface area contributed by atoms with Crippen LogP contribution < -0.4 is 10.2 Å². The fourth-order valence-corrected chi connectivity index (χ4v) is 6.50. The minimum absolute atomic E-state index is 0.0122. The van der Waals surface area contributed by atoms with Crippen molar-refractivity contribution in [3.8, 4) is 0 Å². The lowest BCUT2D eigenvalue weighted by atomic mass is 10.1. The Labute approximate surface area is 350 Å². The smallest absolute Gasteiger partial charge is 0.268 e. The minimum Gasteiger partial charge on any atom is -0.756 e. The van der Waals surface area contributed by atoms with Crippen molar-refractivity contribution >= 4 is 13.7 Å². The van der Waals surface area contributed by atoms with Crippen LogP contribution in [0.3, 0.4) is 0 Å². The number of hydrogen-bond donors (Lipinski definition) is 2. The highest BCUT2D eigenvalue weighted by atomic mass is 31.2. The van der Waals surface area contributed by atoms with Gasteiger partial charge in [-0.15, -0.1) is 0 Å². The van der Waals surface area contributed by atoms with Crippen molar-refractivity contribution in [2.24, 2.45) is 0 Å². The van der Waals surface area contributed by atoms with Crippen LogP contribution >= 0.6 is 7.82 Å². The predicted octanol–water partition coefficient (Wildman–Crippen LogP) is 11.9. The highest BCUT2D eigenvalue weighted by Gasteiger charge is 2.23. The van der Waals surface area contributed by atoms with E-state index in [-0.39, 0.29) is 12.5 Å². The average Bonchev–Trinajstić information content (AvgIpc) is 3.16. The van der Waals surface area contributed by atoms with Crippen LogP contribution in [0.15, 0.2) is 85.1 Å². The molecular formula is C48H85N2O6P. The Morgan fingerprint density at radius 2 is 1.09 bits per heavy atom. The summed E-state index contributed by atoms with van der Waals surface area (Å²) < 4.78 is 23.1. The van der Waals surface area contributed by atoms with E-state index in [1.165, 1.54) is 57.8 Å². The second-order valence-electron chi connectivity index (χ2n) is 16.0. The first-order valence-electron chi connectivity index (χ1n) is 22.4. The quantitative estimate of drug-likeness (QED) is 0.0277. The number of likely N-dealkylation sites (N-methyl/N-ethyl adjacent to an activating group) is 1. The number of nitrogens with one attached hydrogen (secondary N) is 1. The van der Waals surface area contributed by atoms with Crippen LogP contribution in [0, 0.1) is 0 Å². The fourth-order valence-electron chi connectivity index (χ4n) is 5.78. The first kappa shape index (κ1) is 54.7. The number of rotatable bonds is 39. The largest absolute Gasteiger partial charge is 0.756 e. The Balaban J connectivity index is 4.30. The molecule has 3 unspecified atom stereocenters. The number of aliphatic hydroxyl groups excluding tert-OH is 1. The molecule has 0 bridgehead atoms. The van der Waals surface area contributed by atoms with Crippen LogP contribution in [0.2, 0.25) is 0 Å². The summed E-state index contributed by atoms with van der Waals surface area (Å²) in [6.45, 7) is 4.44. The SMILES string of the molecule is CC/C=C\C/C=C\C/C=C\C/C=C\C/C=C\CCCCCCCCCCCC(=O)NC(COP(=O)([O-])OCC[N+](C)(C)C)C(O)/C=C/CC/C=C/CCCCCC. The van der Waals surface area contributed by atoms with Gasteiger partial charge in [-0.3, -0.25) is 9.36 Å². The zero-order valence-electron chi connectivity index (χ0n) is 37.0. The van der Waals surface area contributed by atoms with Crippen molar-refractivity contribution in [2.45, 2.75) is 174 Å². The fraction of sp³-hybridized carbons (Fsp3) is 0.688. The summed E-state index contributed by atoms with van der Waals surface area (Å²) >= 11 is 0. The molecule has 0 spiro atoms. The molecule has 1 amide bonds. The van der Waals surface area contributed by atoms with E-state index in [0.29, 0.717) is 17.4 Å². The molecule has 0 aromatic heterocycles. The molecule has 328 valence electrons. The number of aliphatic hydroxyl groups is 1. The summed E-state index contributed by atoms with van der Waals surface area (Å²) in [4.78, 5) is 25.2. The van der Waals surface area contributed by atoms with Crippen LogP contribution in [-0.2, 0) is 18.4 Å². The van der Waals surface area contributed by atoms with Crippen LogP contribution in [0.1, 0.15) is 162 Å². The molecule has 0 aromatic carbocycles. The van der Waals surface area contributed by atoms with Gasteiger partial charge in [0.25, 0.3) is 7.82 Å². The molecule has 0 radical (unpaired) electrons. The van der Waals surface area contributed by atoms with Gasteiger partial charge >= 0.3 is 0 Å². The number of amides is 1. The van der Waals surface area contributed by atoms with E-state index in [0.717, 1.165) is 83.5 Å².